The fraction of sp³-hybridized carbons (Fsp3) is 0.200. The van der Waals surface area contributed by atoms with Crippen LogP contribution in [0, 0.1) is 6.92 Å². The maximum Gasteiger partial charge on any atom is 0.336 e. The van der Waals surface area contributed by atoms with Crippen molar-refractivity contribution in [2.45, 2.75) is 13.3 Å². The number of nitrogens with zero attached hydrogens (tertiary/aromatic N) is 2. The molecule has 0 radical (unpaired) electrons. The zero-order valence-corrected chi connectivity index (χ0v) is 8.56. The number of barbiturate groups is 1. The van der Waals surface area contributed by atoms with Crippen LogP contribution in [0.2, 0.25) is 0 Å². The number of anilines is 1. The first-order valence-corrected chi connectivity index (χ1v) is 4.68. The maximum atomic E-state index is 11.5. The van der Waals surface area contributed by atoms with Gasteiger partial charge in [-0.25, -0.2) is 14.7 Å². The molecule has 6 heteroatoms. The highest BCUT2D eigenvalue weighted by Gasteiger charge is 2.32. The van der Waals surface area contributed by atoms with Crippen LogP contribution in [0.5, 0.6) is 0 Å². The van der Waals surface area contributed by atoms with Crippen LogP contribution in [0.25, 0.3) is 0 Å². The van der Waals surface area contributed by atoms with Crippen LogP contribution < -0.4 is 10.2 Å². The summed E-state index contributed by atoms with van der Waals surface area (Å²) in [5.74, 6) is -0.916. The van der Waals surface area contributed by atoms with Gasteiger partial charge in [-0.15, -0.1) is 0 Å². The van der Waals surface area contributed by atoms with Crippen molar-refractivity contribution in [1.82, 2.24) is 10.3 Å². The Hall–Kier alpha value is -2.24. The molecule has 1 aliphatic rings. The van der Waals surface area contributed by atoms with Gasteiger partial charge in [0.15, 0.2) is 0 Å². The molecular formula is C10H9N3O3. The van der Waals surface area contributed by atoms with E-state index in [2.05, 4.69) is 10.3 Å². The van der Waals surface area contributed by atoms with Crippen molar-refractivity contribution >= 4 is 23.7 Å². The van der Waals surface area contributed by atoms with E-state index in [-0.39, 0.29) is 12.2 Å². The van der Waals surface area contributed by atoms with E-state index in [0.29, 0.717) is 5.69 Å². The van der Waals surface area contributed by atoms with Crippen molar-refractivity contribution in [3.05, 3.63) is 23.9 Å². The molecule has 1 saturated heterocycles. The smallest absolute Gasteiger partial charge is 0.277 e. The molecule has 0 spiro atoms. The average molecular weight is 219 g/mol. The van der Waals surface area contributed by atoms with Crippen molar-refractivity contribution in [3.8, 4) is 0 Å². The molecule has 6 nitrogen and oxygen atoms in total. The molecule has 0 aromatic carbocycles. The molecule has 0 atom stereocenters. The lowest BCUT2D eigenvalue weighted by atomic mass is 10.2. The van der Waals surface area contributed by atoms with E-state index in [4.69, 9.17) is 0 Å². The molecular weight excluding hydrogens is 210 g/mol. The number of hydrogen-bond acceptors (Lipinski definition) is 4. The first kappa shape index (κ1) is 10.3. The van der Waals surface area contributed by atoms with Gasteiger partial charge < -0.3 is 0 Å². The molecule has 4 amide bonds. The van der Waals surface area contributed by atoms with Crippen molar-refractivity contribution in [2.75, 3.05) is 4.90 Å². The minimum atomic E-state index is -0.751. The predicted octanol–water partition coefficient (Wildman–Crippen LogP) is 0.363. The minimum absolute atomic E-state index is 0.231. The summed E-state index contributed by atoms with van der Waals surface area (Å²) in [6.07, 6.45) is -0.332. The number of imide groups is 2. The highest BCUT2D eigenvalue weighted by atomic mass is 16.2. The van der Waals surface area contributed by atoms with Gasteiger partial charge in [0.05, 0.1) is 0 Å². The number of carbonyl (C=O) groups is 3. The van der Waals surface area contributed by atoms with Gasteiger partial charge in [0, 0.05) is 5.69 Å². The highest BCUT2D eigenvalue weighted by molar-refractivity contribution is 6.25. The fourth-order valence-electron chi connectivity index (χ4n) is 1.43. The van der Waals surface area contributed by atoms with Gasteiger partial charge in [-0.1, -0.05) is 6.07 Å². The molecule has 2 heterocycles. The number of amides is 4. The number of rotatable bonds is 1. The van der Waals surface area contributed by atoms with Crippen molar-refractivity contribution in [2.24, 2.45) is 0 Å². The first-order chi connectivity index (χ1) is 7.58. The zero-order valence-electron chi connectivity index (χ0n) is 8.56. The summed E-state index contributed by atoms with van der Waals surface area (Å²) in [5, 5.41) is 2.06. The lowest BCUT2D eigenvalue weighted by Crippen LogP contribution is -2.53. The van der Waals surface area contributed by atoms with Crippen molar-refractivity contribution < 1.29 is 14.4 Å². The van der Waals surface area contributed by atoms with Crippen LogP contribution in [0.3, 0.4) is 0 Å². The first-order valence-electron chi connectivity index (χ1n) is 4.68. The van der Waals surface area contributed by atoms with E-state index in [0.717, 1.165) is 4.90 Å². The largest absolute Gasteiger partial charge is 0.336 e. The summed E-state index contributed by atoms with van der Waals surface area (Å²) in [4.78, 5) is 38.8. The summed E-state index contributed by atoms with van der Waals surface area (Å²) in [7, 11) is 0. The Morgan fingerprint density at radius 3 is 2.69 bits per heavy atom. The Labute approximate surface area is 91.3 Å². The molecule has 0 saturated carbocycles. The van der Waals surface area contributed by atoms with E-state index in [1.165, 1.54) is 0 Å². The zero-order chi connectivity index (χ0) is 11.7. The van der Waals surface area contributed by atoms with Gasteiger partial charge >= 0.3 is 6.03 Å². The van der Waals surface area contributed by atoms with Gasteiger partial charge in [-0.3, -0.25) is 14.9 Å². The quantitative estimate of drug-likeness (QED) is 0.692. The Kier molecular flexibility index (Phi) is 2.40. The Morgan fingerprint density at radius 1 is 1.31 bits per heavy atom. The van der Waals surface area contributed by atoms with Crippen LogP contribution in [0.4, 0.5) is 10.6 Å². The number of hydrogen-bond donors (Lipinski definition) is 1. The van der Waals surface area contributed by atoms with E-state index in [1.807, 2.05) is 0 Å². The van der Waals surface area contributed by atoms with E-state index in [9.17, 15) is 14.4 Å². The molecule has 1 aliphatic heterocycles. The van der Waals surface area contributed by atoms with Gasteiger partial charge in [0.25, 0.3) is 0 Å². The second-order valence-corrected chi connectivity index (χ2v) is 3.40. The minimum Gasteiger partial charge on any atom is -0.277 e. The second-order valence-electron chi connectivity index (χ2n) is 3.40. The van der Waals surface area contributed by atoms with Crippen molar-refractivity contribution in [1.29, 1.82) is 0 Å². The molecule has 1 aromatic rings. The number of aryl methyl sites for hydroxylation is 1. The monoisotopic (exact) mass is 219 g/mol. The number of carbonyl (C=O) groups excluding carboxylic acids is 3. The van der Waals surface area contributed by atoms with E-state index in [1.54, 1.807) is 25.1 Å². The van der Waals surface area contributed by atoms with Crippen LogP contribution in [-0.2, 0) is 9.59 Å². The molecule has 2 rings (SSSR count). The molecule has 0 aliphatic carbocycles. The summed E-state index contributed by atoms with van der Waals surface area (Å²) >= 11 is 0. The van der Waals surface area contributed by atoms with Gasteiger partial charge in [-0.05, 0) is 19.1 Å². The Balaban J connectivity index is 2.36. The van der Waals surface area contributed by atoms with Crippen LogP contribution in [-0.4, -0.2) is 22.8 Å². The molecule has 1 aromatic heterocycles. The van der Waals surface area contributed by atoms with Crippen LogP contribution >= 0.6 is 0 Å². The molecule has 0 unspecified atom stereocenters. The standard InChI is InChI=1S/C10H9N3O3/c1-6-3-2-4-7(11-6)13-9(15)5-8(14)12-10(13)16/h2-4H,5H2,1H3,(H,12,14,16). The number of urea groups is 1. The normalized spacial score (nSPS) is 16.3. The number of pyridine rings is 1. The lowest BCUT2D eigenvalue weighted by molar-refractivity contribution is -0.128. The topological polar surface area (TPSA) is 79.4 Å². The fourth-order valence-corrected chi connectivity index (χ4v) is 1.43. The molecule has 1 N–H and O–H groups in total. The molecule has 16 heavy (non-hydrogen) atoms. The third kappa shape index (κ3) is 1.77. The van der Waals surface area contributed by atoms with Crippen LogP contribution in [0.15, 0.2) is 18.2 Å². The van der Waals surface area contributed by atoms with Gasteiger partial charge in [-0.2, -0.15) is 0 Å². The van der Waals surface area contributed by atoms with Gasteiger partial charge in [0.1, 0.15) is 12.2 Å². The van der Waals surface area contributed by atoms with Crippen molar-refractivity contribution in [3.63, 3.8) is 0 Å². The number of aromatic nitrogens is 1. The molecule has 0 bridgehead atoms. The molecule has 82 valence electrons. The Bertz CT molecular complexity index is 464. The lowest BCUT2D eigenvalue weighted by Gasteiger charge is -2.23. The molecule has 1 fully saturated rings. The third-order valence-corrected chi connectivity index (χ3v) is 2.11. The summed E-state index contributed by atoms with van der Waals surface area (Å²) in [6, 6.07) is 4.23. The summed E-state index contributed by atoms with van der Waals surface area (Å²) in [5.41, 5.74) is 0.690. The predicted molar refractivity (Wildman–Crippen MR) is 54.6 cm³/mol. The highest BCUT2D eigenvalue weighted by Crippen LogP contribution is 2.15. The summed E-state index contributed by atoms with van der Waals surface area (Å²) in [6.45, 7) is 1.75. The van der Waals surface area contributed by atoms with E-state index < -0.39 is 17.8 Å². The summed E-state index contributed by atoms with van der Waals surface area (Å²) < 4.78 is 0. The second kappa shape index (κ2) is 3.73. The third-order valence-electron chi connectivity index (χ3n) is 2.11. The van der Waals surface area contributed by atoms with Gasteiger partial charge in [0.2, 0.25) is 11.8 Å². The number of nitrogens with one attached hydrogen (secondary N) is 1. The van der Waals surface area contributed by atoms with E-state index >= 15 is 0 Å². The van der Waals surface area contributed by atoms with Crippen LogP contribution in [0.1, 0.15) is 12.1 Å². The average Bonchev–Trinajstić information content (AvgIpc) is 2.15. The Morgan fingerprint density at radius 2 is 2.06 bits per heavy atom. The SMILES string of the molecule is Cc1cccc(N2C(=O)CC(=O)NC2=O)n1. The maximum absolute atomic E-state index is 11.5.